The van der Waals surface area contributed by atoms with E-state index in [1.165, 1.54) is 32.2 Å². The predicted molar refractivity (Wildman–Crippen MR) is 124 cm³/mol. The summed E-state index contributed by atoms with van der Waals surface area (Å²) in [5, 5.41) is 10.6. The standard InChI is InChI=1S/C24H26F2O7S/c1-14(7-5-4-6-8-20(28)31-3)18-12-17(27)22(24(30)33-18)23(29)15(2)11-16-9-10-21(34-16)32-13-19(25)26/h4,6,9-12,14,19,27H,5,7-8,13H2,1-3H3/b6-4+,15-11?. The molecule has 0 aliphatic heterocycles. The van der Waals surface area contributed by atoms with Gasteiger partial charge in [0.25, 0.3) is 6.43 Å². The van der Waals surface area contributed by atoms with E-state index in [1.807, 2.05) is 13.0 Å². The summed E-state index contributed by atoms with van der Waals surface area (Å²) in [5.74, 6) is -1.52. The van der Waals surface area contributed by atoms with E-state index < -0.39 is 35.8 Å². The van der Waals surface area contributed by atoms with Crippen LogP contribution in [0.3, 0.4) is 0 Å². The second kappa shape index (κ2) is 12.8. The Bertz CT molecular complexity index is 1110. The van der Waals surface area contributed by atoms with E-state index in [0.29, 0.717) is 17.7 Å². The van der Waals surface area contributed by atoms with Crippen molar-refractivity contribution >= 4 is 29.2 Å². The molecule has 0 fully saturated rings. The number of halogens is 2. The molecule has 2 aromatic rings. The Hall–Kier alpha value is -3.27. The largest absolute Gasteiger partial charge is 0.507 e. The average Bonchev–Trinajstić information content (AvgIpc) is 3.23. The third kappa shape index (κ3) is 7.95. The van der Waals surface area contributed by atoms with E-state index in [1.54, 1.807) is 12.1 Å². The van der Waals surface area contributed by atoms with Crippen LogP contribution in [0.2, 0.25) is 0 Å². The SMILES string of the molecule is COC(=O)C/C=C/CCC(C)c1cc(O)c(C(=O)C(C)=Cc2ccc(OCC(F)F)s2)c(=O)o1. The van der Waals surface area contributed by atoms with Gasteiger partial charge in [-0.05, 0) is 43.5 Å². The van der Waals surface area contributed by atoms with Crippen molar-refractivity contribution in [3.63, 3.8) is 0 Å². The molecular formula is C24H26F2O7S. The summed E-state index contributed by atoms with van der Waals surface area (Å²) in [6.07, 6.45) is 3.73. The first kappa shape index (κ1) is 27.0. The number of ketones is 1. The molecule has 34 heavy (non-hydrogen) atoms. The van der Waals surface area contributed by atoms with Crippen LogP contribution in [0.5, 0.6) is 10.8 Å². The molecule has 0 bridgehead atoms. The minimum absolute atomic E-state index is 0.154. The highest BCUT2D eigenvalue weighted by atomic mass is 32.1. The van der Waals surface area contributed by atoms with Crippen LogP contribution in [0.25, 0.3) is 6.08 Å². The minimum atomic E-state index is -2.60. The van der Waals surface area contributed by atoms with Crippen molar-refractivity contribution in [2.75, 3.05) is 13.7 Å². The normalized spacial score (nSPS) is 12.8. The molecule has 2 heterocycles. The van der Waals surface area contributed by atoms with Gasteiger partial charge < -0.3 is 19.0 Å². The van der Waals surface area contributed by atoms with Crippen LogP contribution in [0, 0.1) is 0 Å². The Morgan fingerprint density at radius 2 is 2.00 bits per heavy atom. The van der Waals surface area contributed by atoms with Gasteiger partial charge in [-0.2, -0.15) is 0 Å². The number of allylic oxidation sites excluding steroid dienone is 2. The van der Waals surface area contributed by atoms with Crippen molar-refractivity contribution in [2.24, 2.45) is 0 Å². The molecule has 0 saturated heterocycles. The number of carbonyl (C=O) groups is 2. The van der Waals surface area contributed by atoms with E-state index in [9.17, 15) is 28.3 Å². The van der Waals surface area contributed by atoms with E-state index in [2.05, 4.69) is 4.74 Å². The molecule has 0 saturated carbocycles. The number of carbonyl (C=O) groups excluding carboxylic acids is 2. The van der Waals surface area contributed by atoms with Gasteiger partial charge in [0.1, 0.15) is 23.7 Å². The van der Waals surface area contributed by atoms with Gasteiger partial charge in [0.2, 0.25) is 0 Å². The number of thiophene rings is 1. The highest BCUT2D eigenvalue weighted by molar-refractivity contribution is 7.14. The smallest absolute Gasteiger partial charge is 0.351 e. The van der Waals surface area contributed by atoms with Crippen LogP contribution in [-0.2, 0) is 9.53 Å². The summed E-state index contributed by atoms with van der Waals surface area (Å²) in [4.78, 5) is 36.9. The summed E-state index contributed by atoms with van der Waals surface area (Å²) in [6, 6.07) is 4.35. The van der Waals surface area contributed by atoms with Crippen molar-refractivity contribution in [3.8, 4) is 10.8 Å². The molecule has 0 aliphatic carbocycles. The first-order valence-electron chi connectivity index (χ1n) is 10.4. The summed E-state index contributed by atoms with van der Waals surface area (Å²) in [7, 11) is 1.31. The van der Waals surface area contributed by atoms with Gasteiger partial charge in [0.15, 0.2) is 10.8 Å². The number of methoxy groups -OCH3 is 1. The molecule has 0 aliphatic rings. The molecule has 0 radical (unpaired) electrons. The van der Waals surface area contributed by atoms with Gasteiger partial charge in [0.05, 0.1) is 13.5 Å². The first-order valence-corrected chi connectivity index (χ1v) is 11.3. The van der Waals surface area contributed by atoms with Crippen LogP contribution < -0.4 is 10.4 Å². The van der Waals surface area contributed by atoms with Crippen LogP contribution in [0.15, 0.2) is 45.1 Å². The molecule has 2 aromatic heterocycles. The van der Waals surface area contributed by atoms with Gasteiger partial charge in [-0.15, -0.1) is 0 Å². The number of aromatic hydroxyl groups is 1. The Labute approximate surface area is 199 Å². The number of esters is 1. The van der Waals surface area contributed by atoms with Gasteiger partial charge in [-0.25, -0.2) is 13.6 Å². The maximum absolute atomic E-state index is 12.8. The third-order valence-corrected chi connectivity index (χ3v) is 5.72. The lowest BCUT2D eigenvalue weighted by molar-refractivity contribution is -0.139. The van der Waals surface area contributed by atoms with Crippen molar-refractivity contribution in [3.05, 3.63) is 62.5 Å². The topological polar surface area (TPSA) is 103 Å². The molecule has 2 rings (SSSR count). The summed E-state index contributed by atoms with van der Waals surface area (Å²) >= 11 is 1.06. The molecule has 0 spiro atoms. The van der Waals surface area contributed by atoms with E-state index in [0.717, 1.165) is 11.3 Å². The third-order valence-electron chi connectivity index (χ3n) is 4.78. The second-order valence-corrected chi connectivity index (χ2v) is 8.52. The number of ether oxygens (including phenoxy) is 2. The zero-order valence-electron chi connectivity index (χ0n) is 19.0. The Morgan fingerprint density at radius 1 is 1.26 bits per heavy atom. The van der Waals surface area contributed by atoms with Gasteiger partial charge in [-0.3, -0.25) is 9.59 Å². The van der Waals surface area contributed by atoms with Crippen molar-refractivity contribution in [1.29, 1.82) is 0 Å². The molecule has 0 amide bonds. The molecule has 1 unspecified atom stereocenters. The molecule has 0 aromatic carbocycles. The molecule has 7 nitrogen and oxygen atoms in total. The maximum Gasteiger partial charge on any atom is 0.351 e. The van der Waals surface area contributed by atoms with Gasteiger partial charge in [-0.1, -0.05) is 30.4 Å². The summed E-state index contributed by atoms with van der Waals surface area (Å²) in [5.41, 5.74) is -1.28. The van der Waals surface area contributed by atoms with E-state index >= 15 is 0 Å². The molecule has 1 atom stereocenters. The number of hydrogen-bond acceptors (Lipinski definition) is 8. The number of Topliss-reactive ketones (excluding diaryl/α,β-unsaturated/α-hetero) is 1. The average molecular weight is 497 g/mol. The van der Waals surface area contributed by atoms with Crippen LogP contribution in [0.4, 0.5) is 8.78 Å². The molecule has 184 valence electrons. The van der Waals surface area contributed by atoms with Gasteiger partial charge >= 0.3 is 11.6 Å². The minimum Gasteiger partial charge on any atom is -0.507 e. The van der Waals surface area contributed by atoms with Crippen molar-refractivity contribution < 1.29 is 37.4 Å². The quantitative estimate of drug-likeness (QED) is 0.183. The number of hydrogen-bond donors (Lipinski definition) is 1. The Kier molecular flexibility index (Phi) is 10.2. The van der Waals surface area contributed by atoms with Crippen LogP contribution in [-0.4, -0.2) is 37.0 Å². The summed E-state index contributed by atoms with van der Waals surface area (Å²) < 4.78 is 39.3. The van der Waals surface area contributed by atoms with Crippen molar-refractivity contribution in [1.82, 2.24) is 0 Å². The zero-order valence-corrected chi connectivity index (χ0v) is 19.8. The zero-order chi connectivity index (χ0) is 25.3. The lowest BCUT2D eigenvalue weighted by Crippen LogP contribution is -2.16. The van der Waals surface area contributed by atoms with E-state index in [-0.39, 0.29) is 34.7 Å². The number of alkyl halides is 2. The fourth-order valence-electron chi connectivity index (χ4n) is 2.93. The van der Waals surface area contributed by atoms with E-state index in [4.69, 9.17) is 9.15 Å². The highest BCUT2D eigenvalue weighted by Crippen LogP contribution is 2.29. The molecule has 1 N–H and O–H groups in total. The molecule has 10 heteroatoms. The number of rotatable bonds is 12. The lowest BCUT2D eigenvalue weighted by Gasteiger charge is -2.11. The molecular weight excluding hydrogens is 470 g/mol. The lowest BCUT2D eigenvalue weighted by atomic mass is 9.99. The van der Waals surface area contributed by atoms with Gasteiger partial charge in [0, 0.05) is 16.9 Å². The Morgan fingerprint density at radius 3 is 2.65 bits per heavy atom. The van der Waals surface area contributed by atoms with Crippen LogP contribution >= 0.6 is 11.3 Å². The first-order chi connectivity index (χ1) is 16.1. The monoisotopic (exact) mass is 496 g/mol. The predicted octanol–water partition coefficient (Wildman–Crippen LogP) is 5.34. The van der Waals surface area contributed by atoms with Crippen LogP contribution in [0.1, 0.15) is 60.0 Å². The Balaban J connectivity index is 2.08. The second-order valence-electron chi connectivity index (χ2n) is 7.44. The fraction of sp³-hybridized carbons (Fsp3) is 0.375. The van der Waals surface area contributed by atoms with Crippen molar-refractivity contribution in [2.45, 2.75) is 45.5 Å². The highest BCUT2D eigenvalue weighted by Gasteiger charge is 2.22. The fourth-order valence-corrected chi connectivity index (χ4v) is 3.80. The maximum atomic E-state index is 12.8. The summed E-state index contributed by atoms with van der Waals surface area (Å²) in [6.45, 7) is 2.55.